The van der Waals surface area contributed by atoms with Crippen LogP contribution in [0.25, 0.3) is 5.65 Å². The third kappa shape index (κ3) is 2.30. The van der Waals surface area contributed by atoms with E-state index >= 15 is 0 Å². The number of hydrogen-bond donors (Lipinski definition) is 1. The molecule has 0 spiro atoms. The molecule has 0 saturated heterocycles. The highest BCUT2D eigenvalue weighted by atomic mass is 35.5. The van der Waals surface area contributed by atoms with Gasteiger partial charge in [-0.3, -0.25) is 4.40 Å². The molecule has 1 aromatic carbocycles. The lowest BCUT2D eigenvalue weighted by Crippen LogP contribution is -1.97. The molecule has 0 aliphatic carbocycles. The van der Waals surface area contributed by atoms with Gasteiger partial charge in [0.15, 0.2) is 0 Å². The molecule has 0 aliphatic heterocycles. The maximum Gasteiger partial charge on any atom is 0.138 e. The van der Waals surface area contributed by atoms with Gasteiger partial charge in [-0.1, -0.05) is 23.7 Å². The SMILES string of the molecule is COc1cccc(Cc2nc3ccc(Cl)cn3c2N)c1. The van der Waals surface area contributed by atoms with Crippen molar-refractivity contribution in [3.63, 3.8) is 0 Å². The summed E-state index contributed by atoms with van der Waals surface area (Å²) in [4.78, 5) is 4.54. The lowest BCUT2D eigenvalue weighted by atomic mass is 10.1. The van der Waals surface area contributed by atoms with Crippen molar-refractivity contribution in [2.45, 2.75) is 6.42 Å². The van der Waals surface area contributed by atoms with E-state index in [1.165, 1.54) is 0 Å². The van der Waals surface area contributed by atoms with Crippen molar-refractivity contribution in [2.24, 2.45) is 0 Å². The zero-order chi connectivity index (χ0) is 14.1. The van der Waals surface area contributed by atoms with Crippen LogP contribution in [0.4, 0.5) is 5.82 Å². The predicted octanol–water partition coefficient (Wildman–Crippen LogP) is 3.17. The third-order valence-corrected chi connectivity index (χ3v) is 3.42. The first-order valence-corrected chi connectivity index (χ1v) is 6.60. The number of rotatable bonds is 3. The molecule has 102 valence electrons. The highest BCUT2D eigenvalue weighted by molar-refractivity contribution is 6.30. The highest BCUT2D eigenvalue weighted by Crippen LogP contribution is 2.22. The van der Waals surface area contributed by atoms with Gasteiger partial charge in [0, 0.05) is 12.6 Å². The van der Waals surface area contributed by atoms with E-state index in [4.69, 9.17) is 22.1 Å². The van der Waals surface area contributed by atoms with Crippen LogP contribution in [-0.2, 0) is 6.42 Å². The second kappa shape index (κ2) is 5.06. The zero-order valence-electron chi connectivity index (χ0n) is 11.0. The van der Waals surface area contributed by atoms with Crippen LogP contribution in [0.15, 0.2) is 42.6 Å². The second-order valence-electron chi connectivity index (χ2n) is 4.55. The smallest absolute Gasteiger partial charge is 0.138 e. The number of halogens is 1. The molecule has 3 rings (SSSR count). The lowest BCUT2D eigenvalue weighted by molar-refractivity contribution is 0.414. The van der Waals surface area contributed by atoms with Gasteiger partial charge in [-0.2, -0.15) is 0 Å². The Morgan fingerprint density at radius 2 is 2.15 bits per heavy atom. The van der Waals surface area contributed by atoms with Crippen LogP contribution >= 0.6 is 11.6 Å². The number of fused-ring (bicyclic) bond motifs is 1. The highest BCUT2D eigenvalue weighted by Gasteiger charge is 2.10. The minimum absolute atomic E-state index is 0.616. The van der Waals surface area contributed by atoms with Crippen LogP contribution in [0.1, 0.15) is 11.3 Å². The number of ether oxygens (including phenoxy) is 1. The fourth-order valence-electron chi connectivity index (χ4n) is 2.19. The first kappa shape index (κ1) is 12.8. The maximum absolute atomic E-state index is 6.14. The molecule has 0 atom stereocenters. The van der Waals surface area contributed by atoms with Crippen LogP contribution in [-0.4, -0.2) is 16.5 Å². The van der Waals surface area contributed by atoms with Crippen molar-refractivity contribution in [1.82, 2.24) is 9.38 Å². The first-order chi connectivity index (χ1) is 9.67. The Morgan fingerprint density at radius 1 is 1.30 bits per heavy atom. The van der Waals surface area contributed by atoms with E-state index in [2.05, 4.69) is 4.98 Å². The molecule has 2 heterocycles. The van der Waals surface area contributed by atoms with Gasteiger partial charge in [-0.15, -0.1) is 0 Å². The average molecular weight is 288 g/mol. The molecule has 20 heavy (non-hydrogen) atoms. The molecular weight excluding hydrogens is 274 g/mol. The van der Waals surface area contributed by atoms with E-state index in [9.17, 15) is 0 Å². The van der Waals surface area contributed by atoms with Crippen molar-refractivity contribution < 1.29 is 4.74 Å². The largest absolute Gasteiger partial charge is 0.497 e. The molecule has 2 aromatic heterocycles. The summed E-state index contributed by atoms with van der Waals surface area (Å²) in [7, 11) is 1.65. The molecule has 0 amide bonds. The molecule has 3 aromatic rings. The minimum Gasteiger partial charge on any atom is -0.497 e. The number of hydrogen-bond acceptors (Lipinski definition) is 3. The summed E-state index contributed by atoms with van der Waals surface area (Å²) >= 11 is 5.98. The van der Waals surface area contributed by atoms with Crippen molar-refractivity contribution in [3.05, 3.63) is 58.9 Å². The van der Waals surface area contributed by atoms with E-state index in [1.54, 1.807) is 23.8 Å². The number of imidazole rings is 1. The van der Waals surface area contributed by atoms with Gasteiger partial charge >= 0.3 is 0 Å². The van der Waals surface area contributed by atoms with Crippen molar-refractivity contribution in [3.8, 4) is 5.75 Å². The Bertz CT molecular complexity index is 767. The zero-order valence-corrected chi connectivity index (χ0v) is 11.8. The molecule has 0 bridgehead atoms. The number of benzene rings is 1. The Morgan fingerprint density at radius 3 is 2.95 bits per heavy atom. The predicted molar refractivity (Wildman–Crippen MR) is 80.4 cm³/mol. The standard InChI is InChI=1S/C15H14ClN3O/c1-20-12-4-2-3-10(7-12)8-13-15(17)19-9-11(16)5-6-14(19)18-13/h2-7,9H,8,17H2,1H3. The molecule has 0 saturated carbocycles. The van der Waals surface area contributed by atoms with Gasteiger partial charge in [-0.05, 0) is 29.8 Å². The molecule has 0 unspecified atom stereocenters. The van der Waals surface area contributed by atoms with E-state index in [0.717, 1.165) is 22.7 Å². The summed E-state index contributed by atoms with van der Waals surface area (Å²) in [6.45, 7) is 0. The van der Waals surface area contributed by atoms with Crippen molar-refractivity contribution in [2.75, 3.05) is 12.8 Å². The normalized spacial score (nSPS) is 10.9. The fraction of sp³-hybridized carbons (Fsp3) is 0.133. The Kier molecular flexibility index (Phi) is 3.24. The summed E-state index contributed by atoms with van der Waals surface area (Å²) in [6, 6.07) is 11.5. The lowest BCUT2D eigenvalue weighted by Gasteiger charge is -2.03. The quantitative estimate of drug-likeness (QED) is 0.805. The van der Waals surface area contributed by atoms with E-state index < -0.39 is 0 Å². The first-order valence-electron chi connectivity index (χ1n) is 6.22. The van der Waals surface area contributed by atoms with Gasteiger partial charge in [0.2, 0.25) is 0 Å². The molecular formula is C15H14ClN3O. The van der Waals surface area contributed by atoms with Crippen LogP contribution < -0.4 is 10.5 Å². The summed E-state index contributed by atoms with van der Waals surface area (Å²) in [6.07, 6.45) is 2.43. The molecule has 0 radical (unpaired) electrons. The van der Waals surface area contributed by atoms with E-state index in [0.29, 0.717) is 17.3 Å². The topological polar surface area (TPSA) is 52.5 Å². The fourth-order valence-corrected chi connectivity index (χ4v) is 2.35. The van der Waals surface area contributed by atoms with Gasteiger partial charge in [0.25, 0.3) is 0 Å². The minimum atomic E-state index is 0.616. The van der Waals surface area contributed by atoms with E-state index in [1.807, 2.05) is 30.3 Å². The summed E-state index contributed by atoms with van der Waals surface area (Å²) < 4.78 is 7.03. The van der Waals surface area contributed by atoms with E-state index in [-0.39, 0.29) is 0 Å². The Labute approximate surface area is 121 Å². The number of anilines is 1. The maximum atomic E-state index is 6.14. The summed E-state index contributed by atoms with van der Waals surface area (Å²) in [5, 5.41) is 0.634. The number of pyridine rings is 1. The molecule has 0 fully saturated rings. The number of nitrogens with two attached hydrogens (primary N) is 1. The third-order valence-electron chi connectivity index (χ3n) is 3.20. The monoisotopic (exact) mass is 287 g/mol. The Hall–Kier alpha value is -2.20. The molecule has 2 N–H and O–H groups in total. The molecule has 5 heteroatoms. The number of nitrogens with zero attached hydrogens (tertiary/aromatic N) is 2. The second-order valence-corrected chi connectivity index (χ2v) is 4.98. The molecule has 0 aliphatic rings. The van der Waals surface area contributed by atoms with Gasteiger partial charge in [-0.25, -0.2) is 4.98 Å². The van der Waals surface area contributed by atoms with Gasteiger partial charge < -0.3 is 10.5 Å². The Balaban J connectivity index is 2.00. The molecule has 4 nitrogen and oxygen atoms in total. The van der Waals surface area contributed by atoms with Crippen LogP contribution in [0.3, 0.4) is 0 Å². The van der Waals surface area contributed by atoms with Gasteiger partial charge in [0.05, 0.1) is 17.8 Å². The van der Waals surface area contributed by atoms with Crippen molar-refractivity contribution >= 4 is 23.1 Å². The van der Waals surface area contributed by atoms with Crippen LogP contribution in [0.2, 0.25) is 5.02 Å². The number of nitrogen functional groups attached to an aromatic ring is 1. The van der Waals surface area contributed by atoms with Crippen molar-refractivity contribution in [1.29, 1.82) is 0 Å². The van der Waals surface area contributed by atoms with Gasteiger partial charge in [0.1, 0.15) is 17.2 Å². The number of methoxy groups -OCH3 is 1. The number of aromatic nitrogens is 2. The average Bonchev–Trinajstić information content (AvgIpc) is 2.76. The summed E-state index contributed by atoms with van der Waals surface area (Å²) in [5.74, 6) is 1.44. The van der Waals surface area contributed by atoms with Crippen LogP contribution in [0.5, 0.6) is 5.75 Å². The van der Waals surface area contributed by atoms with Crippen LogP contribution in [0, 0.1) is 0 Å². The summed E-state index contributed by atoms with van der Waals surface area (Å²) in [5.41, 5.74) is 8.87.